The van der Waals surface area contributed by atoms with Gasteiger partial charge in [-0.2, -0.15) is 0 Å². The molecule has 2 saturated heterocycles. The Morgan fingerprint density at radius 2 is 2.00 bits per heavy atom. The zero-order valence-corrected chi connectivity index (χ0v) is 12.8. The van der Waals surface area contributed by atoms with Gasteiger partial charge in [0.2, 0.25) is 0 Å². The lowest BCUT2D eigenvalue weighted by molar-refractivity contribution is 0.208. The maximum absolute atomic E-state index is 3.47. The lowest BCUT2D eigenvalue weighted by atomic mass is 10.1. The van der Waals surface area contributed by atoms with Crippen LogP contribution in [0.25, 0.3) is 0 Å². The minimum atomic E-state index is 0. The fourth-order valence-corrected chi connectivity index (χ4v) is 3.38. The van der Waals surface area contributed by atoms with Gasteiger partial charge in [-0.05, 0) is 64.4 Å². The van der Waals surface area contributed by atoms with E-state index in [2.05, 4.69) is 29.0 Å². The summed E-state index contributed by atoms with van der Waals surface area (Å²) in [6, 6.07) is 0.826. The normalized spacial score (nSPS) is 28.8. The molecule has 3 nitrogen and oxygen atoms in total. The molecule has 0 aromatic rings. The van der Waals surface area contributed by atoms with Crippen LogP contribution < -0.4 is 5.32 Å². The first-order chi connectivity index (χ1) is 8.33. The minimum Gasteiger partial charge on any atom is -0.316 e. The van der Waals surface area contributed by atoms with Crippen molar-refractivity contribution in [2.45, 2.75) is 39.2 Å². The Kier molecular flexibility index (Phi) is 7.54. The number of halogens is 1. The Balaban J connectivity index is 0.00000162. The van der Waals surface area contributed by atoms with Gasteiger partial charge in [-0.15, -0.1) is 12.4 Å². The quantitative estimate of drug-likeness (QED) is 0.798. The standard InChI is InChI=1S/C14H29N3.ClH/c1-3-17(4-2)14-7-10-16(12-14)9-6-13-5-8-15-11-13;/h13-15H,3-12H2,1-2H3;1H. The van der Waals surface area contributed by atoms with E-state index in [0.717, 1.165) is 12.0 Å². The van der Waals surface area contributed by atoms with Crippen molar-refractivity contribution < 1.29 is 0 Å². The third kappa shape index (κ3) is 4.37. The molecule has 0 spiro atoms. The van der Waals surface area contributed by atoms with Gasteiger partial charge in [0.05, 0.1) is 0 Å². The average molecular weight is 276 g/mol. The van der Waals surface area contributed by atoms with Crippen molar-refractivity contribution in [1.29, 1.82) is 0 Å². The largest absolute Gasteiger partial charge is 0.316 e. The van der Waals surface area contributed by atoms with E-state index in [0.29, 0.717) is 0 Å². The summed E-state index contributed by atoms with van der Waals surface area (Å²) in [7, 11) is 0. The van der Waals surface area contributed by atoms with E-state index in [1.165, 1.54) is 65.1 Å². The predicted molar refractivity (Wildman–Crippen MR) is 80.6 cm³/mol. The van der Waals surface area contributed by atoms with Crippen molar-refractivity contribution in [3.05, 3.63) is 0 Å². The van der Waals surface area contributed by atoms with Crippen LogP contribution in [0.15, 0.2) is 0 Å². The number of nitrogens with zero attached hydrogens (tertiary/aromatic N) is 2. The number of hydrogen-bond acceptors (Lipinski definition) is 3. The molecule has 18 heavy (non-hydrogen) atoms. The number of nitrogens with one attached hydrogen (secondary N) is 1. The molecule has 2 unspecified atom stereocenters. The second-order valence-corrected chi connectivity index (χ2v) is 5.61. The first-order valence-electron chi connectivity index (χ1n) is 7.50. The first-order valence-corrected chi connectivity index (χ1v) is 7.50. The molecule has 2 aliphatic rings. The second kappa shape index (κ2) is 8.36. The molecule has 1 N–H and O–H groups in total. The van der Waals surface area contributed by atoms with Crippen LogP contribution in [0.4, 0.5) is 0 Å². The molecule has 0 aromatic heterocycles. The van der Waals surface area contributed by atoms with Crippen LogP contribution in [-0.4, -0.2) is 61.7 Å². The summed E-state index contributed by atoms with van der Waals surface area (Å²) in [6.07, 6.45) is 4.18. The maximum Gasteiger partial charge on any atom is 0.0235 e. The highest BCUT2D eigenvalue weighted by atomic mass is 35.5. The molecule has 2 fully saturated rings. The highest BCUT2D eigenvalue weighted by molar-refractivity contribution is 5.85. The molecule has 0 saturated carbocycles. The third-order valence-corrected chi connectivity index (χ3v) is 4.59. The molecule has 0 bridgehead atoms. The zero-order chi connectivity index (χ0) is 12.1. The average Bonchev–Trinajstić information content (AvgIpc) is 2.99. The van der Waals surface area contributed by atoms with Crippen molar-refractivity contribution in [3.8, 4) is 0 Å². The van der Waals surface area contributed by atoms with Gasteiger partial charge in [-0.3, -0.25) is 4.90 Å². The minimum absolute atomic E-state index is 0. The highest BCUT2D eigenvalue weighted by Gasteiger charge is 2.26. The number of hydrogen-bond donors (Lipinski definition) is 1. The van der Waals surface area contributed by atoms with Gasteiger partial charge >= 0.3 is 0 Å². The fraction of sp³-hybridized carbons (Fsp3) is 1.00. The van der Waals surface area contributed by atoms with E-state index in [1.807, 2.05) is 0 Å². The van der Waals surface area contributed by atoms with Gasteiger partial charge in [0.1, 0.15) is 0 Å². The summed E-state index contributed by atoms with van der Waals surface area (Å²) < 4.78 is 0. The molecule has 0 aliphatic carbocycles. The molecule has 2 heterocycles. The summed E-state index contributed by atoms with van der Waals surface area (Å²) in [6.45, 7) is 13.4. The number of likely N-dealkylation sites (N-methyl/N-ethyl adjacent to an activating group) is 1. The molecule has 2 rings (SSSR count). The molecule has 108 valence electrons. The Labute approximate surface area is 119 Å². The Morgan fingerprint density at radius 3 is 2.61 bits per heavy atom. The van der Waals surface area contributed by atoms with Crippen LogP contribution >= 0.6 is 12.4 Å². The van der Waals surface area contributed by atoms with E-state index >= 15 is 0 Å². The summed E-state index contributed by atoms with van der Waals surface area (Å²) in [5, 5.41) is 3.47. The van der Waals surface area contributed by atoms with Gasteiger partial charge < -0.3 is 10.2 Å². The van der Waals surface area contributed by atoms with Crippen LogP contribution in [0.1, 0.15) is 33.1 Å². The second-order valence-electron chi connectivity index (χ2n) is 5.61. The van der Waals surface area contributed by atoms with E-state index in [1.54, 1.807) is 0 Å². The van der Waals surface area contributed by atoms with E-state index in [4.69, 9.17) is 0 Å². The number of rotatable bonds is 6. The van der Waals surface area contributed by atoms with Crippen LogP contribution in [0.2, 0.25) is 0 Å². The molecular weight excluding hydrogens is 246 g/mol. The fourth-order valence-electron chi connectivity index (χ4n) is 3.38. The first kappa shape index (κ1) is 16.2. The predicted octanol–water partition coefficient (Wildman–Crippen LogP) is 1.82. The van der Waals surface area contributed by atoms with Crippen molar-refractivity contribution in [2.24, 2.45) is 5.92 Å². The lowest BCUT2D eigenvalue weighted by Crippen LogP contribution is -2.37. The molecule has 0 amide bonds. The molecule has 2 atom stereocenters. The van der Waals surface area contributed by atoms with Crippen LogP contribution in [0.3, 0.4) is 0 Å². The smallest absolute Gasteiger partial charge is 0.0235 e. The van der Waals surface area contributed by atoms with Crippen molar-refractivity contribution in [2.75, 3.05) is 45.8 Å². The summed E-state index contributed by atoms with van der Waals surface area (Å²) >= 11 is 0. The van der Waals surface area contributed by atoms with Crippen LogP contribution in [0.5, 0.6) is 0 Å². The Bertz CT molecular complexity index is 215. The van der Waals surface area contributed by atoms with Gasteiger partial charge in [0.15, 0.2) is 0 Å². The SMILES string of the molecule is CCN(CC)C1CCN(CCC2CCNC2)C1.Cl. The van der Waals surface area contributed by atoms with Crippen molar-refractivity contribution >= 4 is 12.4 Å². The van der Waals surface area contributed by atoms with Crippen LogP contribution in [-0.2, 0) is 0 Å². The molecule has 0 radical (unpaired) electrons. The highest BCUT2D eigenvalue weighted by Crippen LogP contribution is 2.18. The molecular formula is C14H30ClN3. The van der Waals surface area contributed by atoms with Gasteiger partial charge in [0, 0.05) is 12.6 Å². The Morgan fingerprint density at radius 1 is 1.22 bits per heavy atom. The lowest BCUT2D eigenvalue weighted by Gasteiger charge is -2.26. The maximum atomic E-state index is 3.47. The van der Waals surface area contributed by atoms with Crippen molar-refractivity contribution in [3.63, 3.8) is 0 Å². The number of likely N-dealkylation sites (tertiary alicyclic amines) is 1. The van der Waals surface area contributed by atoms with Gasteiger partial charge in [0.25, 0.3) is 0 Å². The van der Waals surface area contributed by atoms with E-state index < -0.39 is 0 Å². The molecule has 4 heteroatoms. The molecule has 0 aromatic carbocycles. The zero-order valence-electron chi connectivity index (χ0n) is 12.0. The molecule has 2 aliphatic heterocycles. The summed E-state index contributed by atoms with van der Waals surface area (Å²) in [5.41, 5.74) is 0. The van der Waals surface area contributed by atoms with Crippen molar-refractivity contribution in [1.82, 2.24) is 15.1 Å². The van der Waals surface area contributed by atoms with Gasteiger partial charge in [-0.1, -0.05) is 13.8 Å². The Hall–Kier alpha value is 0.170. The van der Waals surface area contributed by atoms with Gasteiger partial charge in [-0.25, -0.2) is 0 Å². The topological polar surface area (TPSA) is 18.5 Å². The monoisotopic (exact) mass is 275 g/mol. The summed E-state index contributed by atoms with van der Waals surface area (Å²) in [5.74, 6) is 0.947. The van der Waals surface area contributed by atoms with E-state index in [9.17, 15) is 0 Å². The summed E-state index contributed by atoms with van der Waals surface area (Å²) in [4.78, 5) is 5.30. The van der Waals surface area contributed by atoms with E-state index in [-0.39, 0.29) is 12.4 Å². The van der Waals surface area contributed by atoms with Crippen LogP contribution in [0, 0.1) is 5.92 Å². The third-order valence-electron chi connectivity index (χ3n) is 4.59.